The summed E-state index contributed by atoms with van der Waals surface area (Å²) in [6.45, 7) is 4.10. The molecule has 1 atom stereocenters. The second-order valence-corrected chi connectivity index (χ2v) is 6.23. The molecule has 3 aromatic rings. The van der Waals surface area contributed by atoms with Gasteiger partial charge in [-0.25, -0.2) is 4.98 Å². The molecule has 5 heteroatoms. The van der Waals surface area contributed by atoms with Crippen LogP contribution in [-0.2, 0) is 0 Å². The van der Waals surface area contributed by atoms with Crippen molar-refractivity contribution in [1.82, 2.24) is 15.3 Å². The first kappa shape index (κ1) is 17.6. The highest BCUT2D eigenvalue weighted by Crippen LogP contribution is 2.26. The molecular weight excluding hydrogens is 324 g/mol. The molecule has 2 aromatic heterocycles. The van der Waals surface area contributed by atoms with Crippen LogP contribution < -0.4 is 10.6 Å². The Bertz CT molecular complexity index is 909. The molecule has 26 heavy (non-hydrogen) atoms. The number of rotatable bonds is 5. The van der Waals surface area contributed by atoms with Crippen molar-refractivity contribution in [1.29, 1.82) is 0 Å². The highest BCUT2D eigenvalue weighted by Gasteiger charge is 2.20. The van der Waals surface area contributed by atoms with Crippen LogP contribution in [0, 0.1) is 13.8 Å². The Kier molecular flexibility index (Phi) is 5.27. The number of hydrogen-bond acceptors (Lipinski definition) is 4. The Labute approximate surface area is 153 Å². The van der Waals surface area contributed by atoms with Crippen LogP contribution in [0.1, 0.15) is 38.7 Å². The molecule has 2 heterocycles. The normalized spacial score (nSPS) is 11.7. The van der Waals surface area contributed by atoms with Crippen molar-refractivity contribution in [2.75, 3.05) is 12.4 Å². The summed E-state index contributed by atoms with van der Waals surface area (Å²) in [7, 11) is 1.78. The van der Waals surface area contributed by atoms with E-state index in [0.717, 1.165) is 22.3 Å². The molecule has 0 saturated heterocycles. The van der Waals surface area contributed by atoms with Gasteiger partial charge in [0.15, 0.2) is 0 Å². The third kappa shape index (κ3) is 3.88. The summed E-state index contributed by atoms with van der Waals surface area (Å²) in [5.41, 5.74) is 4.83. The third-order valence-electron chi connectivity index (χ3n) is 4.32. The van der Waals surface area contributed by atoms with Crippen molar-refractivity contribution in [2.45, 2.75) is 19.9 Å². The van der Waals surface area contributed by atoms with Gasteiger partial charge in [-0.1, -0.05) is 29.8 Å². The van der Waals surface area contributed by atoms with Crippen LogP contribution in [-0.4, -0.2) is 22.9 Å². The molecule has 0 saturated carbocycles. The van der Waals surface area contributed by atoms with E-state index < -0.39 is 0 Å². The summed E-state index contributed by atoms with van der Waals surface area (Å²) in [5, 5.41) is 6.11. The Morgan fingerprint density at radius 3 is 2.65 bits per heavy atom. The van der Waals surface area contributed by atoms with Gasteiger partial charge in [0.1, 0.15) is 5.82 Å². The van der Waals surface area contributed by atoms with Crippen LogP contribution in [0.3, 0.4) is 0 Å². The van der Waals surface area contributed by atoms with E-state index in [1.165, 1.54) is 0 Å². The molecule has 132 valence electrons. The molecule has 2 N–H and O–H groups in total. The number of hydrogen-bond donors (Lipinski definition) is 2. The number of anilines is 1. The van der Waals surface area contributed by atoms with Crippen LogP contribution >= 0.6 is 0 Å². The molecule has 0 unspecified atom stereocenters. The first-order valence-electron chi connectivity index (χ1n) is 8.50. The summed E-state index contributed by atoms with van der Waals surface area (Å²) >= 11 is 0. The maximum Gasteiger partial charge on any atom is 0.252 e. The van der Waals surface area contributed by atoms with E-state index in [1.807, 2.05) is 19.1 Å². The summed E-state index contributed by atoms with van der Waals surface area (Å²) in [5.74, 6) is 0.501. The van der Waals surface area contributed by atoms with Crippen molar-refractivity contribution in [3.8, 4) is 0 Å². The van der Waals surface area contributed by atoms with E-state index in [9.17, 15) is 4.79 Å². The molecule has 0 spiro atoms. The smallest absolute Gasteiger partial charge is 0.252 e. The average Bonchev–Trinajstić information content (AvgIpc) is 2.68. The standard InChI is InChI=1S/C21H22N4O/c1-14-6-7-15(2)18(11-14)20(17-5-4-9-23-13-17)25-21(26)16-8-10-24-19(12-16)22-3/h4-13,20H,1-3H3,(H,22,24)(H,25,26)/t20-/m0/s1. The Hall–Kier alpha value is -3.21. The fourth-order valence-electron chi connectivity index (χ4n) is 2.88. The van der Waals surface area contributed by atoms with Crippen LogP contribution in [0.15, 0.2) is 61.1 Å². The number of pyridine rings is 2. The van der Waals surface area contributed by atoms with Gasteiger partial charge in [-0.15, -0.1) is 0 Å². The highest BCUT2D eigenvalue weighted by atomic mass is 16.1. The van der Waals surface area contributed by atoms with Crippen molar-refractivity contribution < 1.29 is 4.79 Å². The Balaban J connectivity index is 1.98. The molecule has 0 aliphatic heterocycles. The number of aromatic nitrogens is 2. The fourth-order valence-corrected chi connectivity index (χ4v) is 2.88. The van der Waals surface area contributed by atoms with Gasteiger partial charge in [0.2, 0.25) is 0 Å². The lowest BCUT2D eigenvalue weighted by Crippen LogP contribution is -2.30. The molecule has 0 fully saturated rings. The molecule has 1 aromatic carbocycles. The largest absolute Gasteiger partial charge is 0.373 e. The van der Waals surface area contributed by atoms with Gasteiger partial charge >= 0.3 is 0 Å². The maximum atomic E-state index is 12.9. The number of carbonyl (C=O) groups is 1. The van der Waals surface area contributed by atoms with Crippen molar-refractivity contribution >= 4 is 11.7 Å². The summed E-state index contributed by atoms with van der Waals surface area (Å²) in [6.07, 6.45) is 5.14. The SMILES string of the molecule is CNc1cc(C(=O)N[C@@H](c2cccnc2)c2cc(C)ccc2C)ccn1. The molecule has 0 aliphatic rings. The predicted molar refractivity (Wildman–Crippen MR) is 103 cm³/mol. The number of aryl methyl sites for hydroxylation is 2. The molecule has 0 bridgehead atoms. The van der Waals surface area contributed by atoms with Crippen molar-refractivity contribution in [2.24, 2.45) is 0 Å². The zero-order valence-electron chi connectivity index (χ0n) is 15.2. The number of benzene rings is 1. The lowest BCUT2D eigenvalue weighted by molar-refractivity contribution is 0.0943. The van der Waals surface area contributed by atoms with E-state index in [0.29, 0.717) is 11.4 Å². The average molecular weight is 346 g/mol. The lowest BCUT2D eigenvalue weighted by atomic mass is 9.94. The van der Waals surface area contributed by atoms with Gasteiger partial charge in [0.05, 0.1) is 6.04 Å². The number of carbonyl (C=O) groups excluding carboxylic acids is 1. The monoisotopic (exact) mass is 346 g/mol. The first-order chi connectivity index (χ1) is 12.6. The first-order valence-corrected chi connectivity index (χ1v) is 8.50. The van der Waals surface area contributed by atoms with Crippen LogP contribution in [0.2, 0.25) is 0 Å². The Morgan fingerprint density at radius 2 is 1.92 bits per heavy atom. The van der Waals surface area contributed by atoms with Crippen LogP contribution in [0.5, 0.6) is 0 Å². The van der Waals surface area contributed by atoms with Gasteiger partial charge in [-0.2, -0.15) is 0 Å². The second kappa shape index (κ2) is 7.78. The van der Waals surface area contributed by atoms with Gasteiger partial charge in [-0.3, -0.25) is 9.78 Å². The maximum absolute atomic E-state index is 12.9. The molecule has 0 aliphatic carbocycles. The van der Waals surface area contributed by atoms with Crippen LogP contribution in [0.25, 0.3) is 0 Å². The summed E-state index contributed by atoms with van der Waals surface area (Å²) < 4.78 is 0. The molecule has 1 amide bonds. The number of amides is 1. The number of nitrogens with one attached hydrogen (secondary N) is 2. The van der Waals surface area contributed by atoms with Gasteiger partial charge < -0.3 is 10.6 Å². The van der Waals surface area contributed by atoms with E-state index in [4.69, 9.17) is 0 Å². The summed E-state index contributed by atoms with van der Waals surface area (Å²) in [6, 6.07) is 13.3. The van der Waals surface area contributed by atoms with E-state index in [-0.39, 0.29) is 11.9 Å². The molecule has 0 radical (unpaired) electrons. The topological polar surface area (TPSA) is 66.9 Å². The van der Waals surface area contributed by atoms with E-state index in [1.54, 1.807) is 37.8 Å². The zero-order chi connectivity index (χ0) is 18.5. The molecule has 5 nitrogen and oxygen atoms in total. The molecule has 3 rings (SSSR count). The highest BCUT2D eigenvalue weighted by molar-refractivity contribution is 5.95. The predicted octanol–water partition coefficient (Wildman–Crippen LogP) is 3.65. The number of nitrogens with zero attached hydrogens (tertiary/aromatic N) is 2. The van der Waals surface area contributed by atoms with Crippen molar-refractivity contribution in [3.63, 3.8) is 0 Å². The van der Waals surface area contributed by atoms with Gasteiger partial charge in [0.25, 0.3) is 5.91 Å². The third-order valence-corrected chi connectivity index (χ3v) is 4.32. The minimum atomic E-state index is -0.276. The quantitative estimate of drug-likeness (QED) is 0.740. The van der Waals surface area contributed by atoms with E-state index in [2.05, 4.69) is 45.7 Å². The summed E-state index contributed by atoms with van der Waals surface area (Å²) in [4.78, 5) is 21.3. The molecular formula is C21H22N4O. The minimum absolute atomic E-state index is 0.154. The van der Waals surface area contributed by atoms with E-state index >= 15 is 0 Å². The second-order valence-electron chi connectivity index (χ2n) is 6.23. The Morgan fingerprint density at radius 1 is 1.08 bits per heavy atom. The zero-order valence-corrected chi connectivity index (χ0v) is 15.2. The lowest BCUT2D eigenvalue weighted by Gasteiger charge is -2.22. The van der Waals surface area contributed by atoms with Crippen molar-refractivity contribution in [3.05, 3.63) is 88.9 Å². The fraction of sp³-hybridized carbons (Fsp3) is 0.190. The van der Waals surface area contributed by atoms with Gasteiger partial charge in [-0.05, 0) is 48.7 Å². The van der Waals surface area contributed by atoms with Crippen LogP contribution in [0.4, 0.5) is 5.82 Å². The minimum Gasteiger partial charge on any atom is -0.373 e. The van der Waals surface area contributed by atoms with Gasteiger partial charge in [0, 0.05) is 31.2 Å².